The van der Waals surface area contributed by atoms with Gasteiger partial charge in [0.2, 0.25) is 5.91 Å². The van der Waals surface area contributed by atoms with Gasteiger partial charge in [0.15, 0.2) is 0 Å². The molecule has 2 N–H and O–H groups in total. The van der Waals surface area contributed by atoms with Gasteiger partial charge in [-0.25, -0.2) is 9.97 Å². The number of hydrogen-bond donors (Lipinski definition) is 2. The number of aryl methyl sites for hydroxylation is 1. The van der Waals surface area contributed by atoms with E-state index in [-0.39, 0.29) is 11.9 Å². The minimum Gasteiger partial charge on any atom is -0.358 e. The maximum absolute atomic E-state index is 11.7. The van der Waals surface area contributed by atoms with Crippen LogP contribution >= 0.6 is 0 Å². The van der Waals surface area contributed by atoms with E-state index in [0.717, 1.165) is 24.4 Å². The van der Waals surface area contributed by atoms with Gasteiger partial charge in [-0.15, -0.1) is 0 Å². The maximum Gasteiger partial charge on any atom is 0.242 e. The summed E-state index contributed by atoms with van der Waals surface area (Å²) in [4.78, 5) is 20.3. The molecular formula is C13H20N4O. The van der Waals surface area contributed by atoms with Gasteiger partial charge in [0.05, 0.1) is 0 Å². The average molecular weight is 248 g/mol. The number of anilines is 1. The molecule has 1 aliphatic carbocycles. The van der Waals surface area contributed by atoms with Crippen LogP contribution in [0.3, 0.4) is 0 Å². The average Bonchev–Trinajstić information content (AvgIpc) is 2.39. The number of fused-ring (bicyclic) bond motifs is 1. The van der Waals surface area contributed by atoms with E-state index in [4.69, 9.17) is 0 Å². The quantitative estimate of drug-likeness (QED) is 0.842. The van der Waals surface area contributed by atoms with Crippen molar-refractivity contribution < 1.29 is 4.79 Å². The highest BCUT2D eigenvalue weighted by atomic mass is 16.2. The fourth-order valence-corrected chi connectivity index (χ4v) is 2.24. The van der Waals surface area contributed by atoms with Crippen LogP contribution in [0.25, 0.3) is 0 Å². The molecule has 0 aliphatic heterocycles. The first kappa shape index (κ1) is 12.8. The summed E-state index contributed by atoms with van der Waals surface area (Å²) in [6.45, 7) is 4.41. The van der Waals surface area contributed by atoms with Crippen molar-refractivity contribution in [2.24, 2.45) is 0 Å². The second-order valence-electron chi connectivity index (χ2n) is 4.62. The fourth-order valence-electron chi connectivity index (χ4n) is 2.24. The van der Waals surface area contributed by atoms with Gasteiger partial charge < -0.3 is 10.6 Å². The van der Waals surface area contributed by atoms with Crippen LogP contribution in [0.1, 0.15) is 37.9 Å². The molecule has 0 saturated heterocycles. The predicted molar refractivity (Wildman–Crippen MR) is 70.4 cm³/mol. The van der Waals surface area contributed by atoms with Crippen molar-refractivity contribution in [3.8, 4) is 0 Å². The van der Waals surface area contributed by atoms with Crippen molar-refractivity contribution in [1.29, 1.82) is 0 Å². The molecule has 18 heavy (non-hydrogen) atoms. The van der Waals surface area contributed by atoms with E-state index in [2.05, 4.69) is 20.6 Å². The van der Waals surface area contributed by atoms with Gasteiger partial charge in [-0.1, -0.05) is 0 Å². The van der Waals surface area contributed by atoms with Crippen LogP contribution in [0.2, 0.25) is 0 Å². The van der Waals surface area contributed by atoms with Gasteiger partial charge >= 0.3 is 0 Å². The zero-order valence-electron chi connectivity index (χ0n) is 11.0. The van der Waals surface area contributed by atoms with Gasteiger partial charge in [-0.2, -0.15) is 0 Å². The standard InChI is InChI=1S/C13H20N4O/c1-3-14-13(18)9(2)17-12-10-6-4-5-7-11(10)15-8-16-12/h8-9H,3-7H2,1-2H3,(H,14,18)(H,15,16,17). The SMILES string of the molecule is CCNC(=O)C(C)Nc1ncnc2c1CCCC2. The zero-order chi connectivity index (χ0) is 13.0. The van der Waals surface area contributed by atoms with E-state index in [1.165, 1.54) is 18.4 Å². The molecule has 0 spiro atoms. The number of likely N-dealkylation sites (N-methyl/N-ethyl adjacent to an activating group) is 1. The lowest BCUT2D eigenvalue weighted by Gasteiger charge is -2.20. The first-order chi connectivity index (χ1) is 8.72. The van der Waals surface area contributed by atoms with Gasteiger partial charge in [-0.05, 0) is 39.5 Å². The van der Waals surface area contributed by atoms with E-state index in [1.807, 2.05) is 13.8 Å². The Morgan fingerprint density at radius 2 is 2.17 bits per heavy atom. The largest absolute Gasteiger partial charge is 0.358 e. The number of amides is 1. The first-order valence-electron chi connectivity index (χ1n) is 6.59. The Kier molecular flexibility index (Phi) is 4.12. The van der Waals surface area contributed by atoms with Crippen molar-refractivity contribution in [2.75, 3.05) is 11.9 Å². The Balaban J connectivity index is 2.11. The monoisotopic (exact) mass is 248 g/mol. The summed E-state index contributed by atoms with van der Waals surface area (Å²) in [7, 11) is 0. The first-order valence-corrected chi connectivity index (χ1v) is 6.59. The Labute approximate surface area is 107 Å². The number of aromatic nitrogens is 2. The molecule has 0 bridgehead atoms. The Morgan fingerprint density at radius 3 is 2.94 bits per heavy atom. The van der Waals surface area contributed by atoms with E-state index < -0.39 is 0 Å². The van der Waals surface area contributed by atoms with Gasteiger partial charge in [0.25, 0.3) is 0 Å². The van der Waals surface area contributed by atoms with E-state index in [0.29, 0.717) is 6.54 Å². The van der Waals surface area contributed by atoms with E-state index >= 15 is 0 Å². The molecule has 98 valence electrons. The van der Waals surface area contributed by atoms with E-state index in [1.54, 1.807) is 6.33 Å². The molecule has 0 fully saturated rings. The maximum atomic E-state index is 11.7. The van der Waals surface area contributed by atoms with Crippen molar-refractivity contribution in [1.82, 2.24) is 15.3 Å². The van der Waals surface area contributed by atoms with Crippen LogP contribution in [0.15, 0.2) is 6.33 Å². The highest BCUT2D eigenvalue weighted by Gasteiger charge is 2.18. The lowest BCUT2D eigenvalue weighted by molar-refractivity contribution is -0.121. The number of nitrogens with zero attached hydrogens (tertiary/aromatic N) is 2. The van der Waals surface area contributed by atoms with Crippen LogP contribution < -0.4 is 10.6 Å². The zero-order valence-corrected chi connectivity index (χ0v) is 11.0. The molecule has 0 aromatic carbocycles. The molecule has 1 unspecified atom stereocenters. The molecular weight excluding hydrogens is 228 g/mol. The minimum absolute atomic E-state index is 0.000622. The van der Waals surface area contributed by atoms with Gasteiger partial charge in [0.1, 0.15) is 18.2 Å². The summed E-state index contributed by atoms with van der Waals surface area (Å²) < 4.78 is 0. The Morgan fingerprint density at radius 1 is 1.39 bits per heavy atom. The predicted octanol–water partition coefficient (Wildman–Crippen LogP) is 1.29. The molecule has 5 nitrogen and oxygen atoms in total. The summed E-state index contributed by atoms with van der Waals surface area (Å²) in [5, 5.41) is 5.99. The third kappa shape index (κ3) is 2.78. The Hall–Kier alpha value is -1.65. The molecule has 1 aromatic rings. The molecule has 2 rings (SSSR count). The number of nitrogens with one attached hydrogen (secondary N) is 2. The lowest BCUT2D eigenvalue weighted by Crippen LogP contribution is -2.38. The summed E-state index contributed by atoms with van der Waals surface area (Å²) in [6, 6.07) is -0.272. The molecule has 0 saturated carbocycles. The Bertz CT molecular complexity index is 433. The van der Waals surface area contributed by atoms with Crippen LogP contribution in [-0.2, 0) is 17.6 Å². The third-order valence-corrected chi connectivity index (χ3v) is 3.22. The lowest BCUT2D eigenvalue weighted by atomic mass is 9.96. The summed E-state index contributed by atoms with van der Waals surface area (Å²) in [5.41, 5.74) is 2.31. The van der Waals surface area contributed by atoms with E-state index in [9.17, 15) is 4.79 Å². The number of hydrogen-bond acceptors (Lipinski definition) is 4. The smallest absolute Gasteiger partial charge is 0.242 e. The van der Waals surface area contributed by atoms with Crippen LogP contribution in [0, 0.1) is 0 Å². The van der Waals surface area contributed by atoms with Crippen molar-refractivity contribution in [3.63, 3.8) is 0 Å². The van der Waals surface area contributed by atoms with Crippen LogP contribution in [-0.4, -0.2) is 28.5 Å². The fraction of sp³-hybridized carbons (Fsp3) is 0.615. The molecule has 1 heterocycles. The summed E-state index contributed by atoms with van der Waals surface area (Å²) in [5.74, 6) is 0.819. The number of carbonyl (C=O) groups excluding carboxylic acids is 1. The van der Waals surface area contributed by atoms with Crippen molar-refractivity contribution in [2.45, 2.75) is 45.6 Å². The highest BCUT2D eigenvalue weighted by Crippen LogP contribution is 2.24. The van der Waals surface area contributed by atoms with Crippen LogP contribution in [0.4, 0.5) is 5.82 Å². The molecule has 1 atom stereocenters. The molecule has 5 heteroatoms. The minimum atomic E-state index is -0.272. The summed E-state index contributed by atoms with van der Waals surface area (Å²) in [6.07, 6.45) is 5.96. The van der Waals surface area contributed by atoms with Crippen LogP contribution in [0.5, 0.6) is 0 Å². The van der Waals surface area contributed by atoms with Crippen molar-refractivity contribution in [3.05, 3.63) is 17.6 Å². The van der Waals surface area contributed by atoms with Crippen molar-refractivity contribution >= 4 is 11.7 Å². The van der Waals surface area contributed by atoms with Gasteiger partial charge in [0, 0.05) is 17.8 Å². The topological polar surface area (TPSA) is 66.9 Å². The second kappa shape index (κ2) is 5.80. The number of carbonyl (C=O) groups is 1. The normalized spacial score (nSPS) is 15.7. The molecule has 1 aromatic heterocycles. The number of rotatable bonds is 4. The molecule has 1 aliphatic rings. The highest BCUT2D eigenvalue weighted by molar-refractivity contribution is 5.84. The summed E-state index contributed by atoms with van der Waals surface area (Å²) >= 11 is 0. The van der Waals surface area contributed by atoms with Gasteiger partial charge in [-0.3, -0.25) is 4.79 Å². The molecule has 0 radical (unpaired) electrons. The third-order valence-electron chi connectivity index (χ3n) is 3.22. The molecule has 1 amide bonds. The second-order valence-corrected chi connectivity index (χ2v) is 4.62.